The van der Waals surface area contributed by atoms with E-state index in [0.29, 0.717) is 29.2 Å². The monoisotopic (exact) mass is 284 g/mol. The van der Waals surface area contributed by atoms with Crippen LogP contribution in [-0.4, -0.2) is 20.1 Å². The van der Waals surface area contributed by atoms with Crippen LogP contribution in [0, 0.1) is 6.92 Å². The van der Waals surface area contributed by atoms with Crippen LogP contribution in [0.25, 0.3) is 0 Å². The Labute approximate surface area is 120 Å². The Bertz CT molecular complexity index is 698. The summed E-state index contributed by atoms with van der Waals surface area (Å²) in [5.41, 5.74) is 0. The lowest BCUT2D eigenvalue weighted by atomic mass is 10.3. The third kappa shape index (κ3) is 3.53. The van der Waals surface area contributed by atoms with Gasteiger partial charge in [0.25, 0.3) is 5.89 Å². The van der Waals surface area contributed by atoms with Crippen LogP contribution in [-0.2, 0) is 6.61 Å². The Morgan fingerprint density at radius 1 is 1.05 bits per heavy atom. The fourth-order valence-electron chi connectivity index (χ4n) is 1.59. The Morgan fingerprint density at radius 2 is 1.76 bits per heavy atom. The van der Waals surface area contributed by atoms with Crippen molar-refractivity contribution in [2.75, 3.05) is 0 Å². The van der Waals surface area contributed by atoms with E-state index < -0.39 is 0 Å². The standard InChI is InChI=1S/C14H12N4O3/c1-10-17-13(21-18-10)9-19-11-3-5-12(6-4-11)20-14-15-7-2-8-16-14/h2-8H,9H2,1H3. The van der Waals surface area contributed by atoms with Crippen LogP contribution in [0.15, 0.2) is 47.2 Å². The molecular formula is C14H12N4O3. The highest BCUT2D eigenvalue weighted by atomic mass is 16.5. The van der Waals surface area contributed by atoms with Gasteiger partial charge in [-0.05, 0) is 37.3 Å². The van der Waals surface area contributed by atoms with Crippen molar-refractivity contribution in [3.05, 3.63) is 54.4 Å². The number of aromatic nitrogens is 4. The summed E-state index contributed by atoms with van der Waals surface area (Å²) < 4.78 is 16.0. The largest absolute Gasteiger partial charge is 0.484 e. The van der Waals surface area contributed by atoms with Gasteiger partial charge in [0.15, 0.2) is 12.4 Å². The molecule has 0 unspecified atom stereocenters. The molecule has 0 saturated carbocycles. The summed E-state index contributed by atoms with van der Waals surface area (Å²) in [6.45, 7) is 1.98. The normalized spacial score (nSPS) is 10.3. The summed E-state index contributed by atoms with van der Waals surface area (Å²) in [5, 5.41) is 3.69. The minimum absolute atomic E-state index is 0.225. The van der Waals surface area contributed by atoms with Gasteiger partial charge in [0, 0.05) is 12.4 Å². The first-order valence-electron chi connectivity index (χ1n) is 6.26. The molecular weight excluding hydrogens is 272 g/mol. The molecule has 0 spiro atoms. The van der Waals surface area contributed by atoms with E-state index in [0.717, 1.165) is 0 Å². The Hall–Kier alpha value is -2.96. The molecule has 0 aliphatic carbocycles. The zero-order chi connectivity index (χ0) is 14.5. The molecule has 7 nitrogen and oxygen atoms in total. The van der Waals surface area contributed by atoms with Crippen molar-refractivity contribution in [1.29, 1.82) is 0 Å². The molecule has 0 N–H and O–H groups in total. The second kappa shape index (κ2) is 6.00. The van der Waals surface area contributed by atoms with Gasteiger partial charge in [-0.1, -0.05) is 5.16 Å². The molecule has 106 valence electrons. The number of benzene rings is 1. The summed E-state index contributed by atoms with van der Waals surface area (Å²) in [7, 11) is 0. The van der Waals surface area contributed by atoms with Crippen molar-refractivity contribution in [2.24, 2.45) is 0 Å². The van der Waals surface area contributed by atoms with Crippen LogP contribution >= 0.6 is 0 Å². The van der Waals surface area contributed by atoms with E-state index in [1.807, 2.05) is 0 Å². The molecule has 0 radical (unpaired) electrons. The number of hydrogen-bond donors (Lipinski definition) is 0. The molecule has 0 bridgehead atoms. The van der Waals surface area contributed by atoms with E-state index in [-0.39, 0.29) is 6.61 Å². The Morgan fingerprint density at radius 3 is 2.43 bits per heavy atom. The zero-order valence-corrected chi connectivity index (χ0v) is 11.3. The van der Waals surface area contributed by atoms with E-state index in [1.54, 1.807) is 49.6 Å². The van der Waals surface area contributed by atoms with Crippen LogP contribution < -0.4 is 9.47 Å². The maximum absolute atomic E-state index is 5.53. The van der Waals surface area contributed by atoms with E-state index >= 15 is 0 Å². The topological polar surface area (TPSA) is 83.2 Å². The molecule has 21 heavy (non-hydrogen) atoms. The van der Waals surface area contributed by atoms with Gasteiger partial charge in [0.05, 0.1) is 0 Å². The van der Waals surface area contributed by atoms with Crippen molar-refractivity contribution in [1.82, 2.24) is 20.1 Å². The molecule has 0 amide bonds. The second-order valence-corrected chi connectivity index (χ2v) is 4.13. The predicted molar refractivity (Wildman–Crippen MR) is 71.9 cm³/mol. The van der Waals surface area contributed by atoms with Gasteiger partial charge in [-0.2, -0.15) is 4.98 Å². The smallest absolute Gasteiger partial charge is 0.321 e. The molecule has 0 atom stereocenters. The summed E-state index contributed by atoms with van der Waals surface area (Å²) in [4.78, 5) is 12.0. The fourth-order valence-corrected chi connectivity index (χ4v) is 1.59. The lowest BCUT2D eigenvalue weighted by molar-refractivity contribution is 0.242. The minimum Gasteiger partial charge on any atom is -0.484 e. The minimum atomic E-state index is 0.225. The van der Waals surface area contributed by atoms with Gasteiger partial charge in [0.2, 0.25) is 0 Å². The average molecular weight is 284 g/mol. The molecule has 7 heteroatoms. The van der Waals surface area contributed by atoms with Gasteiger partial charge in [-0.25, -0.2) is 9.97 Å². The zero-order valence-electron chi connectivity index (χ0n) is 11.3. The first-order valence-corrected chi connectivity index (χ1v) is 6.26. The molecule has 3 aromatic rings. The van der Waals surface area contributed by atoms with E-state index in [9.17, 15) is 0 Å². The quantitative estimate of drug-likeness (QED) is 0.711. The third-order valence-electron chi connectivity index (χ3n) is 2.51. The maximum Gasteiger partial charge on any atom is 0.321 e. The van der Waals surface area contributed by atoms with E-state index in [4.69, 9.17) is 14.0 Å². The number of hydrogen-bond acceptors (Lipinski definition) is 7. The van der Waals surface area contributed by atoms with Gasteiger partial charge in [-0.15, -0.1) is 0 Å². The van der Waals surface area contributed by atoms with Gasteiger partial charge in [0.1, 0.15) is 11.5 Å². The average Bonchev–Trinajstić information content (AvgIpc) is 2.93. The molecule has 2 heterocycles. The molecule has 2 aromatic heterocycles. The lowest BCUT2D eigenvalue weighted by Crippen LogP contribution is -1.96. The number of aryl methyl sites for hydroxylation is 1. The SMILES string of the molecule is Cc1noc(COc2ccc(Oc3ncccn3)cc2)n1. The molecule has 0 saturated heterocycles. The molecule has 3 rings (SSSR count). The number of rotatable bonds is 5. The predicted octanol–water partition coefficient (Wildman–Crippen LogP) is 2.54. The fraction of sp³-hybridized carbons (Fsp3) is 0.143. The molecule has 0 aliphatic heterocycles. The molecule has 0 fully saturated rings. The Balaban J connectivity index is 1.59. The number of ether oxygens (including phenoxy) is 2. The summed E-state index contributed by atoms with van der Waals surface area (Å²) in [5.74, 6) is 2.32. The Kier molecular flexibility index (Phi) is 3.72. The molecule has 1 aromatic carbocycles. The van der Waals surface area contributed by atoms with Crippen molar-refractivity contribution in [3.63, 3.8) is 0 Å². The van der Waals surface area contributed by atoms with Crippen LogP contribution in [0.2, 0.25) is 0 Å². The van der Waals surface area contributed by atoms with Gasteiger partial charge in [-0.3, -0.25) is 0 Å². The summed E-state index contributed by atoms with van der Waals surface area (Å²) in [6.07, 6.45) is 3.23. The first kappa shape index (κ1) is 13.0. The molecule has 0 aliphatic rings. The highest BCUT2D eigenvalue weighted by molar-refractivity contribution is 5.32. The third-order valence-corrected chi connectivity index (χ3v) is 2.51. The van der Waals surface area contributed by atoms with E-state index in [2.05, 4.69) is 20.1 Å². The highest BCUT2D eigenvalue weighted by Crippen LogP contribution is 2.21. The van der Waals surface area contributed by atoms with Crippen LogP contribution in [0.3, 0.4) is 0 Å². The van der Waals surface area contributed by atoms with Crippen LogP contribution in [0.5, 0.6) is 17.5 Å². The summed E-state index contributed by atoms with van der Waals surface area (Å²) in [6, 6.07) is 9.12. The summed E-state index contributed by atoms with van der Waals surface area (Å²) >= 11 is 0. The van der Waals surface area contributed by atoms with Gasteiger partial charge >= 0.3 is 6.01 Å². The van der Waals surface area contributed by atoms with Crippen molar-refractivity contribution >= 4 is 0 Å². The second-order valence-electron chi connectivity index (χ2n) is 4.13. The van der Waals surface area contributed by atoms with Crippen molar-refractivity contribution in [2.45, 2.75) is 13.5 Å². The van der Waals surface area contributed by atoms with Crippen LogP contribution in [0.1, 0.15) is 11.7 Å². The maximum atomic E-state index is 5.53. The highest BCUT2D eigenvalue weighted by Gasteiger charge is 2.04. The van der Waals surface area contributed by atoms with E-state index in [1.165, 1.54) is 0 Å². The number of nitrogens with zero attached hydrogens (tertiary/aromatic N) is 4. The van der Waals surface area contributed by atoms with Crippen molar-refractivity contribution in [3.8, 4) is 17.5 Å². The van der Waals surface area contributed by atoms with Crippen LogP contribution in [0.4, 0.5) is 0 Å². The first-order chi connectivity index (χ1) is 10.3. The van der Waals surface area contributed by atoms with Gasteiger partial charge < -0.3 is 14.0 Å². The van der Waals surface area contributed by atoms with Crippen molar-refractivity contribution < 1.29 is 14.0 Å². The lowest BCUT2D eigenvalue weighted by Gasteiger charge is -2.05.